The van der Waals surface area contributed by atoms with Crippen molar-refractivity contribution >= 4 is 5.69 Å². The molecule has 0 amide bonds. The van der Waals surface area contributed by atoms with E-state index in [0.717, 1.165) is 11.4 Å². The molecule has 1 rings (SSSR count). The van der Waals surface area contributed by atoms with Crippen molar-refractivity contribution in [3.05, 3.63) is 23.8 Å². The zero-order valence-electron chi connectivity index (χ0n) is 12.0. The van der Waals surface area contributed by atoms with E-state index in [1.165, 1.54) is 5.56 Å². The van der Waals surface area contributed by atoms with Crippen LogP contribution >= 0.6 is 0 Å². The van der Waals surface area contributed by atoms with Gasteiger partial charge in [-0.05, 0) is 35.6 Å². The summed E-state index contributed by atoms with van der Waals surface area (Å²) in [6.45, 7) is 8.63. The second-order valence-electron chi connectivity index (χ2n) is 5.29. The molecule has 3 nitrogen and oxygen atoms in total. The molecule has 0 aliphatic heterocycles. The van der Waals surface area contributed by atoms with Crippen LogP contribution in [0, 0.1) is 5.92 Å². The fraction of sp³-hybridized carbons (Fsp3) is 0.600. The molecule has 102 valence electrons. The van der Waals surface area contributed by atoms with E-state index in [0.29, 0.717) is 11.8 Å². The van der Waals surface area contributed by atoms with Gasteiger partial charge in [0.2, 0.25) is 0 Å². The van der Waals surface area contributed by atoms with Gasteiger partial charge in [-0.1, -0.05) is 27.7 Å². The molecule has 18 heavy (non-hydrogen) atoms. The van der Waals surface area contributed by atoms with E-state index in [1.807, 2.05) is 12.1 Å². The van der Waals surface area contributed by atoms with E-state index >= 15 is 0 Å². The highest BCUT2D eigenvalue weighted by Crippen LogP contribution is 2.29. The Bertz CT molecular complexity index is 375. The van der Waals surface area contributed by atoms with Crippen molar-refractivity contribution in [2.24, 2.45) is 5.92 Å². The minimum Gasteiger partial charge on any atom is -0.496 e. The Morgan fingerprint density at radius 2 is 1.89 bits per heavy atom. The molecule has 0 saturated heterocycles. The molecule has 1 aromatic carbocycles. The number of hydrogen-bond donors (Lipinski definition) is 2. The molecular formula is C15H25NO2. The van der Waals surface area contributed by atoms with Gasteiger partial charge in [0, 0.05) is 5.69 Å². The van der Waals surface area contributed by atoms with Gasteiger partial charge in [0.25, 0.3) is 0 Å². The molecule has 0 radical (unpaired) electrons. The summed E-state index contributed by atoms with van der Waals surface area (Å²) >= 11 is 0. The smallest absolute Gasteiger partial charge is 0.122 e. The number of rotatable bonds is 6. The molecule has 0 aliphatic carbocycles. The molecule has 0 aromatic heterocycles. The number of methoxy groups -OCH3 is 1. The van der Waals surface area contributed by atoms with E-state index < -0.39 is 0 Å². The highest BCUT2D eigenvalue weighted by molar-refractivity contribution is 5.52. The Balaban J connectivity index is 2.94. The van der Waals surface area contributed by atoms with Crippen molar-refractivity contribution in [3.8, 4) is 5.75 Å². The quantitative estimate of drug-likeness (QED) is 0.815. The first-order valence-electron chi connectivity index (χ1n) is 6.54. The Labute approximate surface area is 110 Å². The lowest BCUT2D eigenvalue weighted by molar-refractivity contribution is 0.249. The number of aliphatic hydroxyl groups is 1. The van der Waals surface area contributed by atoms with Crippen LogP contribution in [0.2, 0.25) is 0 Å². The van der Waals surface area contributed by atoms with Crippen LogP contribution in [0.1, 0.15) is 39.2 Å². The standard InChI is InChI=1S/C15H25NO2/c1-10(2)13-8-12(6-7-15(13)18-5)16-14(9-17)11(3)4/h6-8,10-11,14,16-17H,9H2,1-5H3. The summed E-state index contributed by atoms with van der Waals surface area (Å²) < 4.78 is 5.36. The van der Waals surface area contributed by atoms with Crippen LogP contribution in [0.3, 0.4) is 0 Å². The van der Waals surface area contributed by atoms with Gasteiger partial charge >= 0.3 is 0 Å². The average Bonchev–Trinajstić information content (AvgIpc) is 2.35. The predicted octanol–water partition coefficient (Wildman–Crippen LogP) is 3.25. The van der Waals surface area contributed by atoms with Gasteiger partial charge in [-0.15, -0.1) is 0 Å². The maximum atomic E-state index is 9.35. The summed E-state index contributed by atoms with van der Waals surface area (Å²) in [5.41, 5.74) is 2.22. The van der Waals surface area contributed by atoms with Gasteiger partial charge in [-0.2, -0.15) is 0 Å². The normalized spacial score (nSPS) is 12.9. The van der Waals surface area contributed by atoms with Crippen molar-refractivity contribution < 1.29 is 9.84 Å². The van der Waals surface area contributed by atoms with Gasteiger partial charge < -0.3 is 15.2 Å². The summed E-state index contributed by atoms with van der Waals surface area (Å²) in [5.74, 6) is 1.72. The van der Waals surface area contributed by atoms with Crippen molar-refractivity contribution in [3.63, 3.8) is 0 Å². The Hall–Kier alpha value is -1.22. The van der Waals surface area contributed by atoms with E-state index in [4.69, 9.17) is 4.74 Å². The molecule has 1 unspecified atom stereocenters. The molecule has 0 bridgehead atoms. The third kappa shape index (κ3) is 3.64. The highest BCUT2D eigenvalue weighted by atomic mass is 16.5. The fourth-order valence-corrected chi connectivity index (χ4v) is 1.91. The SMILES string of the molecule is COc1ccc(NC(CO)C(C)C)cc1C(C)C. The molecule has 3 heteroatoms. The summed E-state index contributed by atoms with van der Waals surface area (Å²) in [7, 11) is 1.69. The molecular weight excluding hydrogens is 226 g/mol. The topological polar surface area (TPSA) is 41.5 Å². The summed E-state index contributed by atoms with van der Waals surface area (Å²) in [6.07, 6.45) is 0. The maximum Gasteiger partial charge on any atom is 0.122 e. The van der Waals surface area contributed by atoms with Crippen LogP contribution in [0.25, 0.3) is 0 Å². The largest absolute Gasteiger partial charge is 0.496 e. The van der Waals surface area contributed by atoms with E-state index in [9.17, 15) is 5.11 Å². The van der Waals surface area contributed by atoms with Crippen LogP contribution in [-0.4, -0.2) is 24.9 Å². The lowest BCUT2D eigenvalue weighted by Gasteiger charge is -2.22. The zero-order valence-corrected chi connectivity index (χ0v) is 12.0. The summed E-state index contributed by atoms with van der Waals surface area (Å²) in [6, 6.07) is 6.16. The maximum absolute atomic E-state index is 9.35. The first-order chi connectivity index (χ1) is 8.49. The minimum absolute atomic E-state index is 0.0819. The minimum atomic E-state index is 0.0819. The van der Waals surface area contributed by atoms with Crippen molar-refractivity contribution in [2.45, 2.75) is 39.7 Å². The Kier molecular flexibility index (Phi) is 5.48. The molecule has 0 spiro atoms. The molecule has 0 aliphatic rings. The summed E-state index contributed by atoms with van der Waals surface area (Å²) in [5, 5.41) is 12.7. The zero-order chi connectivity index (χ0) is 13.7. The van der Waals surface area contributed by atoms with Gasteiger partial charge in [-0.25, -0.2) is 0 Å². The molecule has 0 fully saturated rings. The number of ether oxygens (including phenoxy) is 1. The molecule has 1 atom stereocenters. The van der Waals surface area contributed by atoms with Crippen molar-refractivity contribution in [1.82, 2.24) is 0 Å². The first-order valence-corrected chi connectivity index (χ1v) is 6.54. The number of hydrogen-bond acceptors (Lipinski definition) is 3. The van der Waals surface area contributed by atoms with Crippen molar-refractivity contribution in [1.29, 1.82) is 0 Å². The van der Waals surface area contributed by atoms with E-state index in [2.05, 4.69) is 39.1 Å². The number of benzene rings is 1. The van der Waals surface area contributed by atoms with Crippen LogP contribution in [0.4, 0.5) is 5.69 Å². The number of anilines is 1. The predicted molar refractivity (Wildman–Crippen MR) is 76.4 cm³/mol. The van der Waals surface area contributed by atoms with Crippen molar-refractivity contribution in [2.75, 3.05) is 19.0 Å². The van der Waals surface area contributed by atoms with Gasteiger partial charge in [-0.3, -0.25) is 0 Å². The van der Waals surface area contributed by atoms with Crippen LogP contribution in [0.15, 0.2) is 18.2 Å². The summed E-state index contributed by atoms with van der Waals surface area (Å²) in [4.78, 5) is 0. The van der Waals surface area contributed by atoms with E-state index in [1.54, 1.807) is 7.11 Å². The number of nitrogens with one attached hydrogen (secondary N) is 1. The third-order valence-corrected chi connectivity index (χ3v) is 3.21. The van der Waals surface area contributed by atoms with Gasteiger partial charge in [0.1, 0.15) is 5.75 Å². The second kappa shape index (κ2) is 6.64. The van der Waals surface area contributed by atoms with Gasteiger partial charge in [0.05, 0.1) is 19.8 Å². The van der Waals surface area contributed by atoms with Crippen LogP contribution in [0.5, 0.6) is 5.75 Å². The average molecular weight is 251 g/mol. The molecule has 1 aromatic rings. The highest BCUT2D eigenvalue weighted by Gasteiger charge is 2.13. The molecule has 0 saturated carbocycles. The Morgan fingerprint density at radius 1 is 1.22 bits per heavy atom. The fourth-order valence-electron chi connectivity index (χ4n) is 1.91. The first kappa shape index (κ1) is 14.8. The Morgan fingerprint density at radius 3 is 2.33 bits per heavy atom. The monoisotopic (exact) mass is 251 g/mol. The second-order valence-corrected chi connectivity index (χ2v) is 5.29. The van der Waals surface area contributed by atoms with E-state index in [-0.39, 0.29) is 12.6 Å². The van der Waals surface area contributed by atoms with Crippen LogP contribution in [-0.2, 0) is 0 Å². The lowest BCUT2D eigenvalue weighted by Crippen LogP contribution is -2.29. The van der Waals surface area contributed by atoms with Gasteiger partial charge in [0.15, 0.2) is 0 Å². The number of aliphatic hydroxyl groups excluding tert-OH is 1. The lowest BCUT2D eigenvalue weighted by atomic mass is 10.00. The molecule has 0 heterocycles. The molecule has 2 N–H and O–H groups in total. The third-order valence-electron chi connectivity index (χ3n) is 3.21. The van der Waals surface area contributed by atoms with Crippen LogP contribution < -0.4 is 10.1 Å².